The summed E-state index contributed by atoms with van der Waals surface area (Å²) < 4.78 is 38.9. The number of likely N-dealkylation sites (N-methyl/N-ethyl adjacent to an activating group) is 1. The van der Waals surface area contributed by atoms with Crippen molar-refractivity contribution >= 4 is 40.4 Å². The van der Waals surface area contributed by atoms with Gasteiger partial charge in [0.1, 0.15) is 5.75 Å². The van der Waals surface area contributed by atoms with Crippen LogP contribution in [0.4, 0.5) is 18.0 Å². The maximum atomic E-state index is 13.4. The van der Waals surface area contributed by atoms with Crippen LogP contribution in [-0.4, -0.2) is 68.9 Å². The Morgan fingerprint density at radius 3 is 2.62 bits per heavy atom. The van der Waals surface area contributed by atoms with Crippen LogP contribution in [0.25, 0.3) is 11.0 Å². The van der Waals surface area contributed by atoms with E-state index in [4.69, 9.17) is 26.2 Å². The highest BCUT2D eigenvalue weighted by molar-refractivity contribution is 6.30. The number of hydrogen-bond acceptors (Lipinski definition) is 7. The summed E-state index contributed by atoms with van der Waals surface area (Å²) in [6.45, 7) is 2.83. The Labute approximate surface area is 242 Å². The summed E-state index contributed by atoms with van der Waals surface area (Å²) in [6.07, 6.45) is 0.405. The van der Waals surface area contributed by atoms with E-state index in [2.05, 4.69) is 15.8 Å². The minimum absolute atomic E-state index is 0.178. The standard InChI is InChI=1S/C25H23ClN6O3.C2HF3O2/c1-15-5-6-17(22(33)23(15)35-19-11-16(14-28)10-18(26)13-19)12-21-20-4-3-8-29-24(20)32(30-21)25(34)31(2)9-7-27;3-2(4,5)1(6)7/h3-6,8,10-11,13,17H,7,9,12,27H2,1-2H3;(H,6,7)/p+1. The summed E-state index contributed by atoms with van der Waals surface area (Å²) >= 11 is 6.08. The molecule has 2 aromatic heterocycles. The monoisotopic (exact) mass is 605 g/mol. The van der Waals surface area contributed by atoms with Crippen LogP contribution in [0.2, 0.25) is 5.02 Å². The van der Waals surface area contributed by atoms with Crippen molar-refractivity contribution in [3.05, 3.63) is 76.3 Å². The third-order valence-corrected chi connectivity index (χ3v) is 6.11. The Kier molecular flexibility index (Phi) is 10.1. The predicted octanol–water partition coefficient (Wildman–Crippen LogP) is 3.38. The Hall–Kier alpha value is -4.74. The van der Waals surface area contributed by atoms with E-state index in [9.17, 15) is 28.0 Å². The zero-order valence-corrected chi connectivity index (χ0v) is 23.1. The van der Waals surface area contributed by atoms with Gasteiger partial charge in [-0.15, -0.1) is 0 Å². The van der Waals surface area contributed by atoms with E-state index in [-0.39, 0.29) is 24.0 Å². The van der Waals surface area contributed by atoms with E-state index >= 15 is 0 Å². The lowest BCUT2D eigenvalue weighted by Crippen LogP contribution is -2.55. The number of nitriles is 1. The van der Waals surface area contributed by atoms with E-state index in [0.29, 0.717) is 51.7 Å². The number of carboxylic acid groups (broad SMARTS) is 1. The highest BCUT2D eigenvalue weighted by atomic mass is 35.5. The van der Waals surface area contributed by atoms with Gasteiger partial charge in [-0.2, -0.15) is 28.2 Å². The largest absolute Gasteiger partial charge is 0.490 e. The fourth-order valence-electron chi connectivity index (χ4n) is 3.88. The molecule has 11 nitrogen and oxygen atoms in total. The molecule has 4 rings (SSSR count). The number of pyridine rings is 1. The number of carbonyl (C=O) groups is 3. The van der Waals surface area contributed by atoms with Gasteiger partial charge in [0.2, 0.25) is 5.78 Å². The van der Waals surface area contributed by atoms with Crippen molar-refractivity contribution in [2.45, 2.75) is 19.5 Å². The van der Waals surface area contributed by atoms with Crippen LogP contribution in [0.3, 0.4) is 0 Å². The molecule has 1 aromatic carbocycles. The molecule has 15 heteroatoms. The number of fused-ring (bicyclic) bond motifs is 1. The number of amides is 1. The maximum absolute atomic E-state index is 13.4. The van der Waals surface area contributed by atoms with Crippen molar-refractivity contribution in [3.8, 4) is 11.8 Å². The molecule has 4 N–H and O–H groups in total. The van der Waals surface area contributed by atoms with Gasteiger partial charge >= 0.3 is 18.2 Å². The Morgan fingerprint density at radius 2 is 2.00 bits per heavy atom. The molecule has 0 saturated heterocycles. The quantitative estimate of drug-likeness (QED) is 0.431. The first-order valence-electron chi connectivity index (χ1n) is 12.3. The highest BCUT2D eigenvalue weighted by Gasteiger charge is 2.38. The SMILES string of the molecule is CC1=C(Oc2cc(Cl)cc(C#N)c2)C(=O)C(Cc2nn(C(=O)N(C)CC[NH3+])c3ncccc23)C=C1.O=C(O)C(F)(F)F. The number of benzene rings is 1. The number of ketones is 1. The van der Waals surface area contributed by atoms with Crippen LogP contribution >= 0.6 is 11.6 Å². The minimum atomic E-state index is -5.08. The second-order valence-electron chi connectivity index (χ2n) is 9.03. The van der Waals surface area contributed by atoms with E-state index in [1.807, 2.05) is 18.2 Å². The number of rotatable bonds is 6. The van der Waals surface area contributed by atoms with Crippen molar-refractivity contribution in [3.63, 3.8) is 0 Å². The van der Waals surface area contributed by atoms with E-state index < -0.39 is 18.1 Å². The second kappa shape index (κ2) is 13.3. The fraction of sp³-hybridized carbons (Fsp3) is 0.259. The van der Waals surface area contributed by atoms with Gasteiger partial charge < -0.3 is 20.5 Å². The number of alkyl halides is 3. The first-order valence-corrected chi connectivity index (χ1v) is 12.6. The molecule has 0 radical (unpaired) electrons. The molecule has 1 atom stereocenters. The molecule has 0 bridgehead atoms. The van der Waals surface area contributed by atoms with Crippen molar-refractivity contribution in [2.24, 2.45) is 5.92 Å². The van der Waals surface area contributed by atoms with Gasteiger partial charge in [-0.3, -0.25) is 4.79 Å². The molecule has 0 fully saturated rings. The molecule has 3 aromatic rings. The molecule has 1 amide bonds. The summed E-state index contributed by atoms with van der Waals surface area (Å²) in [4.78, 5) is 41.1. The van der Waals surface area contributed by atoms with E-state index in [1.165, 1.54) is 21.7 Å². The van der Waals surface area contributed by atoms with Gasteiger partial charge in [-0.05, 0) is 42.8 Å². The third kappa shape index (κ3) is 7.50. The number of quaternary nitrogens is 1. The van der Waals surface area contributed by atoms with Crippen LogP contribution in [0.1, 0.15) is 18.2 Å². The molecule has 0 saturated carbocycles. The first kappa shape index (κ1) is 31.8. The maximum Gasteiger partial charge on any atom is 0.490 e. The lowest BCUT2D eigenvalue weighted by Gasteiger charge is -2.20. The van der Waals surface area contributed by atoms with Gasteiger partial charge in [-0.25, -0.2) is 14.6 Å². The third-order valence-electron chi connectivity index (χ3n) is 5.89. The van der Waals surface area contributed by atoms with Crippen molar-refractivity contribution in [2.75, 3.05) is 20.1 Å². The van der Waals surface area contributed by atoms with Gasteiger partial charge in [0, 0.05) is 36.0 Å². The molecule has 0 spiro atoms. The lowest BCUT2D eigenvalue weighted by atomic mass is 9.90. The smallest absolute Gasteiger partial charge is 0.475 e. The number of allylic oxidation sites excluding steroid dienone is 4. The number of aromatic nitrogens is 3. The van der Waals surface area contributed by atoms with Crippen LogP contribution in [0, 0.1) is 17.2 Å². The Balaban J connectivity index is 0.000000616. The van der Waals surface area contributed by atoms with Gasteiger partial charge in [0.15, 0.2) is 11.4 Å². The molecule has 0 aliphatic heterocycles. The molecule has 1 unspecified atom stereocenters. The van der Waals surface area contributed by atoms with Crippen LogP contribution < -0.4 is 10.5 Å². The van der Waals surface area contributed by atoms with Gasteiger partial charge in [0.25, 0.3) is 0 Å². The number of halogens is 4. The summed E-state index contributed by atoms with van der Waals surface area (Å²) in [6, 6.07) is 9.91. The average Bonchev–Trinajstić information content (AvgIpc) is 3.30. The molecule has 1 aliphatic carbocycles. The molecule has 42 heavy (non-hydrogen) atoms. The zero-order chi connectivity index (χ0) is 31.2. The number of Topliss-reactive ketones (excluding diaryl/α,β-unsaturated/α-hetero) is 1. The lowest BCUT2D eigenvalue weighted by molar-refractivity contribution is -0.367. The molecular weight excluding hydrogens is 581 g/mol. The number of hydrogen-bond donors (Lipinski definition) is 2. The van der Waals surface area contributed by atoms with Gasteiger partial charge in [-0.1, -0.05) is 23.8 Å². The highest BCUT2D eigenvalue weighted by Crippen LogP contribution is 2.29. The van der Waals surface area contributed by atoms with Crippen LogP contribution in [-0.2, 0) is 16.0 Å². The predicted molar refractivity (Wildman–Crippen MR) is 143 cm³/mol. The van der Waals surface area contributed by atoms with Crippen LogP contribution in [0.15, 0.2) is 60.0 Å². The zero-order valence-electron chi connectivity index (χ0n) is 22.4. The average molecular weight is 606 g/mol. The van der Waals surface area contributed by atoms with Crippen molar-refractivity contribution in [1.29, 1.82) is 5.26 Å². The minimum Gasteiger partial charge on any atom is -0.475 e. The number of carboxylic acids is 1. The molecule has 220 valence electrons. The van der Waals surface area contributed by atoms with Crippen LogP contribution in [0.5, 0.6) is 5.75 Å². The normalized spacial score (nSPS) is 14.7. The van der Waals surface area contributed by atoms with Crippen molar-refractivity contribution < 1.29 is 43.1 Å². The summed E-state index contributed by atoms with van der Waals surface area (Å²) in [7, 11) is 1.68. The Bertz CT molecular complexity index is 1630. The fourth-order valence-corrected chi connectivity index (χ4v) is 4.11. The summed E-state index contributed by atoms with van der Waals surface area (Å²) in [5.41, 5.74) is 5.80. The summed E-state index contributed by atoms with van der Waals surface area (Å²) in [5.74, 6) is -3.05. The number of ether oxygens (including phenoxy) is 1. The number of carbonyl (C=O) groups excluding carboxylic acids is 2. The molecule has 2 heterocycles. The second-order valence-corrected chi connectivity index (χ2v) is 9.47. The molecular formula is C27H25ClF3N6O5+. The molecule has 1 aliphatic rings. The summed E-state index contributed by atoms with van der Waals surface area (Å²) in [5, 5.41) is 21.9. The topological polar surface area (TPSA) is 166 Å². The first-order chi connectivity index (χ1) is 19.8. The van der Waals surface area contributed by atoms with E-state index in [1.54, 1.807) is 38.4 Å². The van der Waals surface area contributed by atoms with Gasteiger partial charge in [0.05, 0.1) is 30.4 Å². The van der Waals surface area contributed by atoms with E-state index in [0.717, 1.165) is 0 Å². The number of aliphatic carboxylic acids is 1. The number of nitrogens with zero attached hydrogens (tertiary/aromatic N) is 5. The Morgan fingerprint density at radius 1 is 1.31 bits per heavy atom. The van der Waals surface area contributed by atoms with Crippen molar-refractivity contribution in [1.82, 2.24) is 19.7 Å².